The third kappa shape index (κ3) is 3.20. The van der Waals surface area contributed by atoms with Gasteiger partial charge in [-0.15, -0.1) is 0 Å². The molecule has 0 saturated heterocycles. The molecule has 0 radical (unpaired) electrons. The van der Waals surface area contributed by atoms with E-state index in [9.17, 15) is 0 Å². The number of benzene rings is 2. The lowest BCUT2D eigenvalue weighted by Gasteiger charge is -2.24. The second-order valence-corrected chi connectivity index (χ2v) is 7.31. The van der Waals surface area contributed by atoms with Gasteiger partial charge in [0.25, 0.3) is 0 Å². The third-order valence-corrected chi connectivity index (χ3v) is 5.25. The number of imidazole rings is 1. The second-order valence-electron chi connectivity index (χ2n) is 7.31. The Hall–Kier alpha value is -3.74. The van der Waals surface area contributed by atoms with Gasteiger partial charge in [0.15, 0.2) is 0 Å². The summed E-state index contributed by atoms with van der Waals surface area (Å²) >= 11 is 0. The van der Waals surface area contributed by atoms with Gasteiger partial charge in [-0.1, -0.05) is 12.1 Å². The van der Waals surface area contributed by atoms with Crippen LogP contribution in [0.2, 0.25) is 0 Å². The van der Waals surface area contributed by atoms with Crippen molar-refractivity contribution in [1.82, 2.24) is 15.0 Å². The van der Waals surface area contributed by atoms with E-state index in [2.05, 4.69) is 50.2 Å². The Morgan fingerprint density at radius 3 is 2.79 bits per heavy atom. The molecule has 3 heterocycles. The van der Waals surface area contributed by atoms with Gasteiger partial charge in [0.1, 0.15) is 24.0 Å². The number of nitrogens with one attached hydrogen (secondary N) is 1. The Morgan fingerprint density at radius 2 is 1.90 bits per heavy atom. The highest BCUT2D eigenvalue weighted by molar-refractivity contribution is 5.82. The summed E-state index contributed by atoms with van der Waals surface area (Å²) in [5.41, 5.74) is 18.9. The van der Waals surface area contributed by atoms with Crippen LogP contribution in [0.15, 0.2) is 48.7 Å². The second kappa shape index (κ2) is 6.70. The number of ether oxygens (including phenoxy) is 1. The number of aromatic nitrogens is 3. The largest absolute Gasteiger partial charge is 0.491 e. The molecule has 0 amide bonds. The topological polar surface area (TPSA) is 106 Å². The fraction of sp³-hybridized carbons (Fsp3) is 0.182. The number of anilines is 3. The molecule has 7 heteroatoms. The molecule has 0 aliphatic carbocycles. The molecule has 2 aromatic carbocycles. The number of nitrogen functional groups attached to an aromatic ring is 2. The van der Waals surface area contributed by atoms with Crippen molar-refractivity contribution >= 4 is 28.2 Å². The minimum Gasteiger partial charge on any atom is -0.491 e. The highest BCUT2D eigenvalue weighted by Gasteiger charge is 2.19. The summed E-state index contributed by atoms with van der Waals surface area (Å²) in [4.78, 5) is 14.1. The van der Waals surface area contributed by atoms with Gasteiger partial charge in [-0.2, -0.15) is 0 Å². The van der Waals surface area contributed by atoms with Crippen molar-refractivity contribution in [3.63, 3.8) is 0 Å². The van der Waals surface area contributed by atoms with Gasteiger partial charge < -0.3 is 26.1 Å². The first-order valence-corrected chi connectivity index (χ1v) is 9.55. The average Bonchev–Trinajstić information content (AvgIpc) is 2.95. The van der Waals surface area contributed by atoms with E-state index < -0.39 is 0 Å². The zero-order valence-electron chi connectivity index (χ0n) is 16.1. The monoisotopic (exact) mass is 386 g/mol. The van der Waals surface area contributed by atoms with E-state index in [0.717, 1.165) is 51.5 Å². The van der Waals surface area contributed by atoms with Gasteiger partial charge >= 0.3 is 0 Å². The number of nitrogens with two attached hydrogens (primary N) is 2. The first-order valence-electron chi connectivity index (χ1n) is 9.55. The summed E-state index contributed by atoms with van der Waals surface area (Å²) in [5.74, 6) is 2.27. The smallest absolute Gasteiger partial charge is 0.125 e. The lowest BCUT2D eigenvalue weighted by molar-refractivity contribution is 0.332. The van der Waals surface area contributed by atoms with Crippen molar-refractivity contribution in [3.8, 4) is 16.9 Å². The standard InChI is InChI=1S/C22H22N6O/c1-13-26-18-4-2-15(9-19(18)27-13)14-3-5-21-16(8-14)12-28(6-7-29-21)20-10-22(24)25-11-17(20)23/h2-5,8-11H,6-7,12,23H2,1H3,(H2,24,25)(H,26,27). The minimum absolute atomic E-state index is 0.455. The van der Waals surface area contributed by atoms with E-state index >= 15 is 0 Å². The highest BCUT2D eigenvalue weighted by Crippen LogP contribution is 2.33. The number of hydrogen-bond donors (Lipinski definition) is 3. The molecule has 0 spiro atoms. The summed E-state index contributed by atoms with van der Waals surface area (Å²) in [6, 6.07) is 14.4. The number of rotatable bonds is 2. The van der Waals surface area contributed by atoms with E-state index in [4.69, 9.17) is 16.2 Å². The number of aryl methyl sites for hydroxylation is 1. The number of aromatic amines is 1. The summed E-state index contributed by atoms with van der Waals surface area (Å²) in [7, 11) is 0. The molecular weight excluding hydrogens is 364 g/mol. The van der Waals surface area contributed by atoms with Crippen LogP contribution in [0.3, 0.4) is 0 Å². The molecule has 0 saturated carbocycles. The first kappa shape index (κ1) is 17.4. The Morgan fingerprint density at radius 1 is 1.07 bits per heavy atom. The SMILES string of the molecule is Cc1nc2cc(-c3ccc4c(c3)CN(c3cc(N)ncc3N)CCO4)ccc2[nH]1. The summed E-state index contributed by atoms with van der Waals surface area (Å²) in [6.45, 7) is 3.94. The van der Waals surface area contributed by atoms with Crippen LogP contribution in [0.4, 0.5) is 17.2 Å². The fourth-order valence-corrected chi connectivity index (χ4v) is 3.84. The van der Waals surface area contributed by atoms with Crippen LogP contribution in [0.25, 0.3) is 22.2 Å². The van der Waals surface area contributed by atoms with Gasteiger partial charge in [-0.3, -0.25) is 0 Å². The maximum Gasteiger partial charge on any atom is 0.125 e. The van der Waals surface area contributed by atoms with Crippen LogP contribution in [0, 0.1) is 6.92 Å². The molecule has 4 aromatic rings. The molecule has 2 aromatic heterocycles. The van der Waals surface area contributed by atoms with Crippen molar-refractivity contribution in [2.24, 2.45) is 0 Å². The normalized spacial score (nSPS) is 13.8. The van der Waals surface area contributed by atoms with Crippen LogP contribution in [0.5, 0.6) is 5.75 Å². The molecule has 1 aliphatic rings. The Balaban J connectivity index is 1.52. The maximum atomic E-state index is 6.16. The van der Waals surface area contributed by atoms with Crippen LogP contribution in [-0.2, 0) is 6.54 Å². The highest BCUT2D eigenvalue weighted by atomic mass is 16.5. The predicted octanol–water partition coefficient (Wildman–Crippen LogP) is 3.50. The number of hydrogen-bond acceptors (Lipinski definition) is 6. The van der Waals surface area contributed by atoms with Gasteiger partial charge in [0.05, 0.1) is 35.1 Å². The van der Waals surface area contributed by atoms with Crippen LogP contribution in [0.1, 0.15) is 11.4 Å². The van der Waals surface area contributed by atoms with Gasteiger partial charge in [0.2, 0.25) is 0 Å². The Labute approximate surface area is 168 Å². The number of H-pyrrole nitrogens is 1. The summed E-state index contributed by atoms with van der Waals surface area (Å²) in [5, 5.41) is 0. The van der Waals surface area contributed by atoms with E-state index in [0.29, 0.717) is 24.7 Å². The van der Waals surface area contributed by atoms with E-state index in [-0.39, 0.29) is 0 Å². The van der Waals surface area contributed by atoms with Crippen molar-refractivity contribution in [2.75, 3.05) is 29.5 Å². The van der Waals surface area contributed by atoms with Gasteiger partial charge in [-0.25, -0.2) is 9.97 Å². The number of nitrogens with zero attached hydrogens (tertiary/aromatic N) is 3. The lowest BCUT2D eigenvalue weighted by atomic mass is 10.0. The zero-order chi connectivity index (χ0) is 20.0. The van der Waals surface area contributed by atoms with Crippen LogP contribution < -0.4 is 21.1 Å². The molecule has 0 bridgehead atoms. The molecule has 5 N–H and O–H groups in total. The van der Waals surface area contributed by atoms with E-state index in [1.165, 1.54) is 0 Å². The fourth-order valence-electron chi connectivity index (χ4n) is 3.84. The minimum atomic E-state index is 0.455. The predicted molar refractivity (Wildman–Crippen MR) is 116 cm³/mol. The third-order valence-electron chi connectivity index (χ3n) is 5.25. The van der Waals surface area contributed by atoms with Crippen molar-refractivity contribution in [2.45, 2.75) is 13.5 Å². The molecule has 7 nitrogen and oxygen atoms in total. The lowest BCUT2D eigenvalue weighted by Crippen LogP contribution is -2.26. The molecule has 5 rings (SSSR count). The molecule has 0 atom stereocenters. The Bertz CT molecular complexity index is 1220. The van der Waals surface area contributed by atoms with Gasteiger partial charge in [0, 0.05) is 18.2 Å². The van der Waals surface area contributed by atoms with E-state index in [1.54, 1.807) is 6.20 Å². The quantitative estimate of drug-likeness (QED) is 0.487. The molecule has 0 unspecified atom stereocenters. The molecule has 146 valence electrons. The van der Waals surface area contributed by atoms with Crippen molar-refractivity contribution < 1.29 is 4.74 Å². The van der Waals surface area contributed by atoms with Gasteiger partial charge in [-0.05, 0) is 42.3 Å². The first-order chi connectivity index (χ1) is 14.1. The van der Waals surface area contributed by atoms with Crippen LogP contribution >= 0.6 is 0 Å². The Kier molecular flexibility index (Phi) is 4.01. The van der Waals surface area contributed by atoms with E-state index in [1.807, 2.05) is 19.1 Å². The van der Waals surface area contributed by atoms with Crippen LogP contribution in [-0.4, -0.2) is 28.1 Å². The molecule has 0 fully saturated rings. The number of fused-ring (bicyclic) bond motifs is 2. The molecule has 1 aliphatic heterocycles. The molecular formula is C22H22N6O. The molecule has 29 heavy (non-hydrogen) atoms. The van der Waals surface area contributed by atoms with Crippen molar-refractivity contribution in [3.05, 3.63) is 60.0 Å². The van der Waals surface area contributed by atoms with Crippen molar-refractivity contribution in [1.29, 1.82) is 0 Å². The summed E-state index contributed by atoms with van der Waals surface area (Å²) in [6.07, 6.45) is 1.61. The maximum absolute atomic E-state index is 6.16. The number of pyridine rings is 1. The average molecular weight is 386 g/mol. The zero-order valence-corrected chi connectivity index (χ0v) is 16.1. The summed E-state index contributed by atoms with van der Waals surface area (Å²) < 4.78 is 5.99.